The fraction of sp³-hybridized carbons (Fsp3) is 0.125. The maximum Gasteiger partial charge on any atom is 0.270 e. The van der Waals surface area contributed by atoms with Crippen molar-refractivity contribution in [1.29, 1.82) is 0 Å². The summed E-state index contributed by atoms with van der Waals surface area (Å²) in [4.78, 5) is 0. The third-order valence-electron chi connectivity index (χ3n) is 1.49. The number of methoxy groups -OCH3 is 1. The first-order valence-electron chi connectivity index (χ1n) is 3.37. The zero-order valence-electron chi connectivity index (χ0n) is 6.67. The maximum absolute atomic E-state index is 5.41. The normalized spacial score (nSPS) is 9.50. The van der Waals surface area contributed by atoms with Gasteiger partial charge in [0.25, 0.3) is 5.84 Å². The standard InChI is InChI=1S/C8H9BrN2O/c1-12-7-3-2-5(8(10)11)4-6(7)9/h2-4H,1H3,(H3,10,11)/p+1. The van der Waals surface area contributed by atoms with Gasteiger partial charge in [0.1, 0.15) is 5.75 Å². The van der Waals surface area contributed by atoms with Crippen LogP contribution in [0.1, 0.15) is 5.56 Å². The molecular formula is C8H10BrN2O+. The van der Waals surface area contributed by atoms with Gasteiger partial charge in [0, 0.05) is 0 Å². The monoisotopic (exact) mass is 229 g/mol. The smallest absolute Gasteiger partial charge is 0.270 e. The SMILES string of the molecule is COc1ccc(C(N)=[NH2+])cc1Br. The van der Waals surface area contributed by atoms with E-state index in [2.05, 4.69) is 15.9 Å². The van der Waals surface area contributed by atoms with Gasteiger partial charge in [0.05, 0.1) is 17.1 Å². The van der Waals surface area contributed by atoms with Crippen molar-refractivity contribution in [2.24, 2.45) is 5.73 Å². The van der Waals surface area contributed by atoms with Gasteiger partial charge in [0.15, 0.2) is 0 Å². The lowest BCUT2D eigenvalue weighted by Gasteiger charge is -2.02. The van der Waals surface area contributed by atoms with Crippen LogP contribution in [0.15, 0.2) is 22.7 Å². The lowest BCUT2D eigenvalue weighted by atomic mass is 10.2. The zero-order valence-corrected chi connectivity index (χ0v) is 8.26. The van der Waals surface area contributed by atoms with E-state index in [1.807, 2.05) is 6.07 Å². The van der Waals surface area contributed by atoms with E-state index in [-0.39, 0.29) is 0 Å². The van der Waals surface area contributed by atoms with E-state index >= 15 is 0 Å². The number of ether oxygens (including phenoxy) is 1. The molecule has 0 fully saturated rings. The molecule has 0 aliphatic heterocycles. The fourth-order valence-electron chi connectivity index (χ4n) is 0.846. The molecule has 0 aliphatic carbocycles. The first-order chi connectivity index (χ1) is 5.65. The molecule has 0 unspecified atom stereocenters. The second-order valence-electron chi connectivity index (χ2n) is 2.30. The van der Waals surface area contributed by atoms with E-state index < -0.39 is 0 Å². The Kier molecular flexibility index (Phi) is 2.70. The highest BCUT2D eigenvalue weighted by atomic mass is 79.9. The lowest BCUT2D eigenvalue weighted by molar-refractivity contribution is -0.114. The predicted molar refractivity (Wildman–Crippen MR) is 50.9 cm³/mol. The van der Waals surface area contributed by atoms with E-state index in [9.17, 15) is 0 Å². The summed E-state index contributed by atoms with van der Waals surface area (Å²) in [6.45, 7) is 0. The van der Waals surface area contributed by atoms with Gasteiger partial charge in [-0.3, -0.25) is 11.1 Å². The summed E-state index contributed by atoms with van der Waals surface area (Å²) in [5.74, 6) is 1.07. The van der Waals surface area contributed by atoms with Crippen LogP contribution in [0.3, 0.4) is 0 Å². The Labute approximate surface area is 79.2 Å². The Hall–Kier alpha value is -1.03. The van der Waals surface area contributed by atoms with Crippen molar-refractivity contribution in [2.75, 3.05) is 7.11 Å². The number of halogens is 1. The topological polar surface area (TPSA) is 60.8 Å². The summed E-state index contributed by atoms with van der Waals surface area (Å²) in [6.07, 6.45) is 0. The summed E-state index contributed by atoms with van der Waals surface area (Å²) in [5, 5.41) is 5.41. The fourth-order valence-corrected chi connectivity index (χ4v) is 1.39. The Morgan fingerprint density at radius 2 is 2.25 bits per heavy atom. The van der Waals surface area contributed by atoms with Gasteiger partial charge in [-0.05, 0) is 34.1 Å². The van der Waals surface area contributed by atoms with Crippen molar-refractivity contribution in [3.05, 3.63) is 28.2 Å². The average Bonchev–Trinajstić information content (AvgIpc) is 2.04. The molecule has 0 aliphatic rings. The second kappa shape index (κ2) is 3.58. The molecule has 0 heterocycles. The van der Waals surface area contributed by atoms with Crippen LogP contribution in [0.5, 0.6) is 5.75 Å². The highest BCUT2D eigenvalue weighted by Gasteiger charge is 2.05. The van der Waals surface area contributed by atoms with Crippen LogP contribution in [0.25, 0.3) is 0 Å². The Morgan fingerprint density at radius 3 is 2.67 bits per heavy atom. The van der Waals surface area contributed by atoms with Crippen molar-refractivity contribution >= 4 is 21.8 Å². The van der Waals surface area contributed by atoms with Crippen LogP contribution in [0, 0.1) is 0 Å². The molecule has 1 aromatic rings. The molecule has 64 valence electrons. The summed E-state index contributed by atoms with van der Waals surface area (Å²) in [6, 6.07) is 5.42. The number of hydrogen-bond acceptors (Lipinski definition) is 1. The molecule has 0 atom stereocenters. The van der Waals surface area contributed by atoms with Crippen molar-refractivity contribution < 1.29 is 10.1 Å². The largest absolute Gasteiger partial charge is 0.496 e. The first kappa shape index (κ1) is 9.06. The van der Waals surface area contributed by atoms with Gasteiger partial charge < -0.3 is 4.74 Å². The molecular weight excluding hydrogens is 220 g/mol. The Morgan fingerprint density at radius 1 is 1.58 bits per heavy atom. The summed E-state index contributed by atoms with van der Waals surface area (Å²) in [5.41, 5.74) is 6.20. The molecule has 1 aromatic carbocycles. The van der Waals surface area contributed by atoms with E-state index in [0.717, 1.165) is 15.8 Å². The van der Waals surface area contributed by atoms with Crippen LogP contribution in [0.4, 0.5) is 0 Å². The van der Waals surface area contributed by atoms with E-state index in [1.54, 1.807) is 19.2 Å². The van der Waals surface area contributed by atoms with Crippen LogP contribution >= 0.6 is 15.9 Å². The summed E-state index contributed by atoms with van der Waals surface area (Å²) < 4.78 is 5.89. The van der Waals surface area contributed by atoms with Gasteiger partial charge in [0.2, 0.25) is 0 Å². The second-order valence-corrected chi connectivity index (χ2v) is 3.16. The highest BCUT2D eigenvalue weighted by Crippen LogP contribution is 2.24. The molecule has 0 amide bonds. The molecule has 1 rings (SSSR count). The van der Waals surface area contributed by atoms with Crippen molar-refractivity contribution in [2.45, 2.75) is 0 Å². The number of benzene rings is 1. The molecule has 4 heteroatoms. The zero-order chi connectivity index (χ0) is 9.14. The molecule has 12 heavy (non-hydrogen) atoms. The van der Waals surface area contributed by atoms with Gasteiger partial charge >= 0.3 is 0 Å². The third kappa shape index (κ3) is 1.76. The van der Waals surface area contributed by atoms with Gasteiger partial charge in [-0.15, -0.1) is 0 Å². The van der Waals surface area contributed by atoms with Crippen LogP contribution < -0.4 is 15.9 Å². The van der Waals surface area contributed by atoms with E-state index in [0.29, 0.717) is 5.84 Å². The van der Waals surface area contributed by atoms with Crippen molar-refractivity contribution in [3.63, 3.8) is 0 Å². The van der Waals surface area contributed by atoms with Crippen LogP contribution in [-0.2, 0) is 0 Å². The van der Waals surface area contributed by atoms with Crippen molar-refractivity contribution in [3.8, 4) is 5.75 Å². The molecule has 0 saturated heterocycles. The molecule has 0 saturated carbocycles. The number of rotatable bonds is 2. The molecule has 0 aromatic heterocycles. The molecule has 0 bridgehead atoms. The quantitative estimate of drug-likeness (QED) is 0.551. The van der Waals surface area contributed by atoms with Gasteiger partial charge in [-0.1, -0.05) is 0 Å². The van der Waals surface area contributed by atoms with Gasteiger partial charge in [-0.2, -0.15) is 0 Å². The molecule has 4 N–H and O–H groups in total. The molecule has 3 nitrogen and oxygen atoms in total. The third-order valence-corrected chi connectivity index (χ3v) is 2.10. The van der Waals surface area contributed by atoms with Crippen LogP contribution in [0.2, 0.25) is 0 Å². The molecule has 0 radical (unpaired) electrons. The maximum atomic E-state index is 5.41. The summed E-state index contributed by atoms with van der Waals surface area (Å²) in [7, 11) is 1.61. The molecule has 0 spiro atoms. The van der Waals surface area contributed by atoms with Crippen molar-refractivity contribution in [1.82, 2.24) is 0 Å². The Bertz CT molecular complexity index is 312. The highest BCUT2D eigenvalue weighted by molar-refractivity contribution is 9.10. The lowest BCUT2D eigenvalue weighted by Crippen LogP contribution is -2.46. The van der Waals surface area contributed by atoms with Crippen LogP contribution in [-0.4, -0.2) is 12.9 Å². The minimum absolute atomic E-state index is 0.304. The number of amidine groups is 1. The van der Waals surface area contributed by atoms with E-state index in [1.165, 1.54) is 0 Å². The summed E-state index contributed by atoms with van der Waals surface area (Å²) >= 11 is 3.33. The average molecular weight is 230 g/mol. The first-order valence-corrected chi connectivity index (χ1v) is 4.16. The predicted octanol–water partition coefficient (Wildman–Crippen LogP) is -0.0779. The van der Waals surface area contributed by atoms with E-state index in [4.69, 9.17) is 15.9 Å². The Balaban J connectivity index is 3.10. The minimum atomic E-state index is 0.304. The minimum Gasteiger partial charge on any atom is -0.496 e. The number of nitrogens with two attached hydrogens (primary N) is 2. The number of hydrogen-bond donors (Lipinski definition) is 2. The van der Waals surface area contributed by atoms with Gasteiger partial charge in [-0.25, -0.2) is 0 Å².